The van der Waals surface area contributed by atoms with Crippen molar-refractivity contribution in [2.24, 2.45) is 0 Å². The first-order valence-electron chi connectivity index (χ1n) is 5.83. The number of hydrogen-bond acceptors (Lipinski definition) is 1. The van der Waals surface area contributed by atoms with E-state index in [0.29, 0.717) is 17.0 Å². The molecule has 88 valence electrons. The molecule has 1 aromatic carbocycles. The molecule has 1 aliphatic rings. The van der Waals surface area contributed by atoms with Crippen LogP contribution in [0.1, 0.15) is 37.2 Å². The molecule has 1 nitrogen and oxygen atoms in total. The highest BCUT2D eigenvalue weighted by Gasteiger charge is 2.23. The van der Waals surface area contributed by atoms with Gasteiger partial charge in [-0.2, -0.15) is 0 Å². The lowest BCUT2D eigenvalue weighted by Gasteiger charge is -2.29. The third-order valence-electron chi connectivity index (χ3n) is 3.48. The average Bonchev–Trinajstić information content (AvgIpc) is 2.32. The van der Waals surface area contributed by atoms with Crippen LogP contribution in [0.2, 0.25) is 5.02 Å². The van der Waals surface area contributed by atoms with E-state index in [0.717, 1.165) is 18.4 Å². The molecule has 16 heavy (non-hydrogen) atoms. The van der Waals surface area contributed by atoms with Gasteiger partial charge in [0.1, 0.15) is 5.82 Å². The van der Waals surface area contributed by atoms with Crippen LogP contribution in [0.5, 0.6) is 0 Å². The van der Waals surface area contributed by atoms with Crippen molar-refractivity contribution < 1.29 is 4.39 Å². The molecule has 0 aliphatic heterocycles. The summed E-state index contributed by atoms with van der Waals surface area (Å²) in [6, 6.07) is 5.21. The molecule has 0 bridgehead atoms. The van der Waals surface area contributed by atoms with Crippen LogP contribution in [-0.2, 0) is 0 Å². The standard InChI is InChI=1S/C13H17ClFN/c1-16-11-4-2-3-9(7-11)12-8-10(15)5-6-13(12)14/h5-6,8-9,11,16H,2-4,7H2,1H3. The molecule has 3 heteroatoms. The minimum atomic E-state index is -0.189. The van der Waals surface area contributed by atoms with E-state index in [9.17, 15) is 4.39 Å². The topological polar surface area (TPSA) is 12.0 Å². The van der Waals surface area contributed by atoms with Gasteiger partial charge in [-0.05, 0) is 56.0 Å². The van der Waals surface area contributed by atoms with Crippen LogP contribution in [0.25, 0.3) is 0 Å². The fourth-order valence-electron chi connectivity index (χ4n) is 2.56. The van der Waals surface area contributed by atoms with Gasteiger partial charge in [-0.3, -0.25) is 0 Å². The van der Waals surface area contributed by atoms with Crippen LogP contribution < -0.4 is 5.32 Å². The summed E-state index contributed by atoms with van der Waals surface area (Å²) in [7, 11) is 1.99. The molecule has 2 rings (SSSR count). The summed E-state index contributed by atoms with van der Waals surface area (Å²) in [4.78, 5) is 0. The maximum atomic E-state index is 13.2. The largest absolute Gasteiger partial charge is 0.317 e. The molecular weight excluding hydrogens is 225 g/mol. The average molecular weight is 242 g/mol. The van der Waals surface area contributed by atoms with Gasteiger partial charge in [0.05, 0.1) is 0 Å². The van der Waals surface area contributed by atoms with Crippen molar-refractivity contribution in [3.05, 3.63) is 34.6 Å². The number of halogens is 2. The number of nitrogens with one attached hydrogen (secondary N) is 1. The van der Waals surface area contributed by atoms with Crippen molar-refractivity contribution in [1.29, 1.82) is 0 Å². The minimum absolute atomic E-state index is 0.189. The van der Waals surface area contributed by atoms with Gasteiger partial charge in [0.2, 0.25) is 0 Å². The van der Waals surface area contributed by atoms with E-state index >= 15 is 0 Å². The summed E-state index contributed by atoms with van der Waals surface area (Å²) in [5, 5.41) is 4.00. The lowest BCUT2D eigenvalue weighted by Crippen LogP contribution is -2.30. The first-order valence-corrected chi connectivity index (χ1v) is 6.20. The van der Waals surface area contributed by atoms with Crippen LogP contribution >= 0.6 is 11.6 Å². The first-order chi connectivity index (χ1) is 7.70. The zero-order valence-electron chi connectivity index (χ0n) is 9.47. The highest BCUT2D eigenvalue weighted by atomic mass is 35.5. The van der Waals surface area contributed by atoms with Crippen molar-refractivity contribution in [2.45, 2.75) is 37.6 Å². The molecule has 0 radical (unpaired) electrons. The van der Waals surface area contributed by atoms with Gasteiger partial charge in [-0.1, -0.05) is 18.0 Å². The molecule has 2 unspecified atom stereocenters. The Morgan fingerprint density at radius 2 is 2.19 bits per heavy atom. The molecule has 0 heterocycles. The Labute approximate surface area is 101 Å². The molecule has 1 N–H and O–H groups in total. The Bertz CT molecular complexity index is 367. The maximum Gasteiger partial charge on any atom is 0.123 e. The Hall–Kier alpha value is -0.600. The Morgan fingerprint density at radius 1 is 1.38 bits per heavy atom. The fourth-order valence-corrected chi connectivity index (χ4v) is 2.83. The van der Waals surface area contributed by atoms with Gasteiger partial charge in [0.15, 0.2) is 0 Å². The number of hydrogen-bond donors (Lipinski definition) is 1. The highest BCUT2D eigenvalue weighted by molar-refractivity contribution is 6.31. The lowest BCUT2D eigenvalue weighted by atomic mass is 9.81. The van der Waals surface area contributed by atoms with Gasteiger partial charge in [0, 0.05) is 11.1 Å². The summed E-state index contributed by atoms with van der Waals surface area (Å²) < 4.78 is 13.2. The van der Waals surface area contributed by atoms with Gasteiger partial charge < -0.3 is 5.32 Å². The summed E-state index contributed by atoms with van der Waals surface area (Å²) in [6.45, 7) is 0. The van der Waals surface area contributed by atoms with Gasteiger partial charge in [0.25, 0.3) is 0 Å². The summed E-state index contributed by atoms with van der Waals surface area (Å²) >= 11 is 6.13. The van der Waals surface area contributed by atoms with E-state index in [1.54, 1.807) is 12.1 Å². The van der Waals surface area contributed by atoms with Gasteiger partial charge in [-0.25, -0.2) is 4.39 Å². The molecular formula is C13H17ClFN. The molecule has 0 spiro atoms. The summed E-state index contributed by atoms with van der Waals surface area (Å²) in [6.07, 6.45) is 4.56. The molecule has 1 aliphatic carbocycles. The van der Waals surface area contributed by atoms with Gasteiger partial charge >= 0.3 is 0 Å². The minimum Gasteiger partial charge on any atom is -0.317 e. The highest BCUT2D eigenvalue weighted by Crippen LogP contribution is 2.36. The Kier molecular flexibility index (Phi) is 3.82. The van der Waals surface area contributed by atoms with E-state index in [1.807, 2.05) is 7.05 Å². The van der Waals surface area contributed by atoms with E-state index in [-0.39, 0.29) is 5.82 Å². The predicted molar refractivity (Wildman–Crippen MR) is 65.5 cm³/mol. The van der Waals surface area contributed by atoms with Crippen molar-refractivity contribution in [2.75, 3.05) is 7.05 Å². The summed E-state index contributed by atoms with van der Waals surface area (Å²) in [5.74, 6) is 0.209. The second kappa shape index (κ2) is 5.15. The number of rotatable bonds is 2. The van der Waals surface area contributed by atoms with Crippen molar-refractivity contribution in [1.82, 2.24) is 5.32 Å². The normalized spacial score (nSPS) is 25.7. The molecule has 0 saturated heterocycles. The zero-order chi connectivity index (χ0) is 11.5. The van der Waals surface area contributed by atoms with Crippen LogP contribution in [0.15, 0.2) is 18.2 Å². The fraction of sp³-hybridized carbons (Fsp3) is 0.538. The quantitative estimate of drug-likeness (QED) is 0.832. The number of benzene rings is 1. The van der Waals surface area contributed by atoms with E-state index in [2.05, 4.69) is 5.32 Å². The van der Waals surface area contributed by atoms with Crippen LogP contribution in [0.4, 0.5) is 4.39 Å². The van der Waals surface area contributed by atoms with E-state index < -0.39 is 0 Å². The van der Waals surface area contributed by atoms with Gasteiger partial charge in [-0.15, -0.1) is 0 Å². The molecule has 1 fully saturated rings. The smallest absolute Gasteiger partial charge is 0.123 e. The molecule has 0 amide bonds. The third kappa shape index (κ3) is 2.55. The third-order valence-corrected chi connectivity index (χ3v) is 3.82. The lowest BCUT2D eigenvalue weighted by molar-refractivity contribution is 0.355. The maximum absolute atomic E-state index is 13.2. The SMILES string of the molecule is CNC1CCCC(c2cc(F)ccc2Cl)C1. The second-order valence-corrected chi connectivity index (χ2v) is 4.92. The van der Waals surface area contributed by atoms with E-state index in [1.165, 1.54) is 18.9 Å². The molecule has 1 aromatic rings. The molecule has 0 aromatic heterocycles. The summed E-state index contributed by atoms with van der Waals surface area (Å²) in [5.41, 5.74) is 0.974. The predicted octanol–water partition coefficient (Wildman–Crippen LogP) is 3.72. The monoisotopic (exact) mass is 241 g/mol. The van der Waals surface area contributed by atoms with Crippen LogP contribution in [0, 0.1) is 5.82 Å². The Morgan fingerprint density at radius 3 is 2.94 bits per heavy atom. The van der Waals surface area contributed by atoms with Crippen molar-refractivity contribution in [3.8, 4) is 0 Å². The Balaban J connectivity index is 2.19. The molecule has 2 atom stereocenters. The van der Waals surface area contributed by atoms with Crippen molar-refractivity contribution >= 4 is 11.6 Å². The van der Waals surface area contributed by atoms with E-state index in [4.69, 9.17) is 11.6 Å². The van der Waals surface area contributed by atoms with Crippen LogP contribution in [0.3, 0.4) is 0 Å². The van der Waals surface area contributed by atoms with Crippen LogP contribution in [-0.4, -0.2) is 13.1 Å². The zero-order valence-corrected chi connectivity index (χ0v) is 10.2. The molecule has 1 saturated carbocycles. The second-order valence-electron chi connectivity index (χ2n) is 4.51. The first kappa shape index (κ1) is 11.9. The van der Waals surface area contributed by atoms with Crippen molar-refractivity contribution in [3.63, 3.8) is 0 Å².